The third-order valence-electron chi connectivity index (χ3n) is 12.5. The van der Waals surface area contributed by atoms with Crippen LogP contribution in [0.4, 0.5) is 0 Å². The van der Waals surface area contributed by atoms with Gasteiger partial charge in [0.15, 0.2) is 0 Å². The highest BCUT2D eigenvalue weighted by Gasteiger charge is 2.23. The molecule has 0 bridgehead atoms. The Morgan fingerprint density at radius 1 is 0.333 bits per heavy atom. The molecular formula is C55H33N5. The number of para-hydroxylation sites is 2. The molecule has 0 spiro atoms. The number of hydrogen-bond donors (Lipinski definition) is 0. The number of benzene rings is 8. The highest BCUT2D eigenvalue weighted by atomic mass is 15.0. The van der Waals surface area contributed by atoms with Gasteiger partial charge in [0.05, 0.1) is 39.5 Å². The summed E-state index contributed by atoms with van der Waals surface area (Å²) in [5.74, 6) is 0. The van der Waals surface area contributed by atoms with Crippen molar-refractivity contribution in [3.63, 3.8) is 0 Å². The Morgan fingerprint density at radius 2 is 0.850 bits per heavy atom. The van der Waals surface area contributed by atoms with Crippen molar-refractivity contribution >= 4 is 86.8 Å². The normalized spacial score (nSPS) is 12.0. The molecule has 0 fully saturated rings. The molecule has 8 aromatic carbocycles. The van der Waals surface area contributed by atoms with Gasteiger partial charge in [-0.15, -0.1) is 0 Å². The van der Waals surface area contributed by atoms with Crippen LogP contribution < -0.4 is 0 Å². The molecule has 0 saturated carbocycles. The molecule has 0 saturated heterocycles. The summed E-state index contributed by atoms with van der Waals surface area (Å²) in [5.41, 5.74) is 11.9. The highest BCUT2D eigenvalue weighted by Crippen LogP contribution is 2.46. The molecule has 0 aliphatic heterocycles. The quantitative estimate of drug-likeness (QED) is 0.168. The molecule has 0 N–H and O–H groups in total. The maximum atomic E-state index is 5.42. The van der Waals surface area contributed by atoms with Crippen LogP contribution in [0.25, 0.3) is 120 Å². The van der Waals surface area contributed by atoms with E-state index in [0.29, 0.717) is 0 Å². The Labute approximate surface area is 344 Å². The summed E-state index contributed by atoms with van der Waals surface area (Å²) in [7, 11) is 0. The first-order valence-corrected chi connectivity index (χ1v) is 20.3. The molecule has 13 aromatic rings. The van der Waals surface area contributed by atoms with E-state index in [2.05, 4.69) is 177 Å². The minimum absolute atomic E-state index is 0.936. The molecule has 0 aliphatic rings. The van der Waals surface area contributed by atoms with Crippen LogP contribution in [0.3, 0.4) is 0 Å². The van der Waals surface area contributed by atoms with Gasteiger partial charge in [-0.05, 0) is 87.1 Å². The summed E-state index contributed by atoms with van der Waals surface area (Å²) in [6.07, 6.45) is 9.69. The number of nitrogens with zero attached hydrogens (tertiary/aromatic N) is 5. The lowest BCUT2D eigenvalue weighted by Gasteiger charge is -2.20. The molecule has 5 aromatic heterocycles. The molecule has 13 rings (SSSR count). The van der Waals surface area contributed by atoms with Gasteiger partial charge >= 0.3 is 0 Å². The standard InChI is InChI=1S/C55H33N5/c1-3-15-40-34(11-1)21-25-49-53(40)43-17-5-7-19-47(43)59(49)38-23-24-42-45(29-38)51(36-13-9-27-56-31-36)52(37-14-10-28-57-32-37)46-30-39(33-58-55(42)46)60-48-20-8-6-18-44(48)54-41-16-4-2-12-35(41)22-26-50(54)60/h1-33H. The van der Waals surface area contributed by atoms with E-state index in [1.165, 1.54) is 54.1 Å². The molecule has 0 atom stereocenters. The maximum Gasteiger partial charge on any atom is 0.0788 e. The molecule has 5 nitrogen and oxygen atoms in total. The van der Waals surface area contributed by atoms with E-state index in [0.717, 1.165) is 66.3 Å². The largest absolute Gasteiger partial charge is 0.309 e. The van der Waals surface area contributed by atoms with Gasteiger partial charge in [-0.2, -0.15) is 0 Å². The van der Waals surface area contributed by atoms with Gasteiger partial charge in [0.1, 0.15) is 0 Å². The summed E-state index contributed by atoms with van der Waals surface area (Å²) < 4.78 is 4.79. The fourth-order valence-electron chi connectivity index (χ4n) is 9.99. The first-order valence-electron chi connectivity index (χ1n) is 20.3. The minimum atomic E-state index is 0.936. The fourth-order valence-corrected chi connectivity index (χ4v) is 9.99. The van der Waals surface area contributed by atoms with Crippen LogP contribution in [0.5, 0.6) is 0 Å². The second-order valence-corrected chi connectivity index (χ2v) is 15.6. The average Bonchev–Trinajstić information content (AvgIpc) is 3.85. The van der Waals surface area contributed by atoms with E-state index in [4.69, 9.17) is 4.98 Å². The molecule has 0 aliphatic carbocycles. The first kappa shape index (κ1) is 32.9. The van der Waals surface area contributed by atoms with E-state index >= 15 is 0 Å². The lowest BCUT2D eigenvalue weighted by atomic mass is 9.87. The van der Waals surface area contributed by atoms with Gasteiger partial charge in [0, 0.05) is 79.5 Å². The Bertz CT molecular complexity index is 3630. The predicted octanol–water partition coefficient (Wildman–Crippen LogP) is 14.0. The first-order chi connectivity index (χ1) is 29.8. The molecule has 5 heteroatoms. The van der Waals surface area contributed by atoms with Crippen molar-refractivity contribution in [3.8, 4) is 33.6 Å². The summed E-state index contributed by atoms with van der Waals surface area (Å²) in [6, 6.07) is 61.4. The van der Waals surface area contributed by atoms with Crippen LogP contribution in [0.2, 0.25) is 0 Å². The van der Waals surface area contributed by atoms with Crippen molar-refractivity contribution in [2.45, 2.75) is 0 Å². The summed E-state index contributed by atoms with van der Waals surface area (Å²) in [5, 5.41) is 13.1. The van der Waals surface area contributed by atoms with Crippen molar-refractivity contribution in [2.24, 2.45) is 0 Å². The summed E-state index contributed by atoms with van der Waals surface area (Å²) >= 11 is 0. The van der Waals surface area contributed by atoms with Crippen molar-refractivity contribution in [3.05, 3.63) is 201 Å². The monoisotopic (exact) mass is 763 g/mol. The van der Waals surface area contributed by atoms with Gasteiger partial charge in [-0.25, -0.2) is 0 Å². The Morgan fingerprint density at radius 3 is 1.43 bits per heavy atom. The van der Waals surface area contributed by atoms with Crippen LogP contribution >= 0.6 is 0 Å². The summed E-state index contributed by atoms with van der Waals surface area (Å²) in [4.78, 5) is 14.8. The Balaban J connectivity index is 1.15. The maximum absolute atomic E-state index is 5.42. The predicted molar refractivity (Wildman–Crippen MR) is 249 cm³/mol. The molecule has 0 amide bonds. The Hall–Kier alpha value is -8.15. The van der Waals surface area contributed by atoms with Crippen molar-refractivity contribution in [1.29, 1.82) is 0 Å². The van der Waals surface area contributed by atoms with Crippen LogP contribution in [0.1, 0.15) is 0 Å². The molecule has 5 heterocycles. The van der Waals surface area contributed by atoms with Crippen LogP contribution in [0, 0.1) is 0 Å². The van der Waals surface area contributed by atoms with Gasteiger partial charge in [0.25, 0.3) is 0 Å². The SMILES string of the molecule is c1cncc(-c2c(-c3cccnc3)c3cc(-n4c5ccccc5c5c6ccccc6ccc54)cnc3c3ccc(-n4c5ccccc5c5c6ccccc6ccc54)cc23)c1. The van der Waals surface area contributed by atoms with Gasteiger partial charge in [-0.3, -0.25) is 15.0 Å². The van der Waals surface area contributed by atoms with Gasteiger partial charge in [0.2, 0.25) is 0 Å². The Kier molecular flexibility index (Phi) is 6.95. The van der Waals surface area contributed by atoms with Crippen molar-refractivity contribution in [1.82, 2.24) is 24.1 Å². The van der Waals surface area contributed by atoms with Crippen molar-refractivity contribution in [2.75, 3.05) is 0 Å². The second-order valence-electron chi connectivity index (χ2n) is 15.6. The zero-order valence-electron chi connectivity index (χ0n) is 32.3. The lowest BCUT2D eigenvalue weighted by Crippen LogP contribution is -2.00. The number of rotatable bonds is 4. The van der Waals surface area contributed by atoms with Crippen molar-refractivity contribution < 1.29 is 0 Å². The number of aromatic nitrogens is 5. The third-order valence-corrected chi connectivity index (χ3v) is 12.5. The van der Waals surface area contributed by atoms with E-state index in [1.54, 1.807) is 0 Å². The van der Waals surface area contributed by atoms with Crippen LogP contribution in [-0.2, 0) is 0 Å². The zero-order chi connectivity index (χ0) is 39.3. The topological polar surface area (TPSA) is 48.5 Å². The fraction of sp³-hybridized carbons (Fsp3) is 0. The average molecular weight is 764 g/mol. The lowest BCUT2D eigenvalue weighted by molar-refractivity contribution is 1.16. The van der Waals surface area contributed by atoms with E-state index in [1.807, 2.05) is 43.1 Å². The molecule has 0 radical (unpaired) electrons. The van der Waals surface area contributed by atoms with Gasteiger partial charge < -0.3 is 9.13 Å². The van der Waals surface area contributed by atoms with E-state index in [-0.39, 0.29) is 0 Å². The van der Waals surface area contributed by atoms with E-state index in [9.17, 15) is 0 Å². The van der Waals surface area contributed by atoms with Crippen LogP contribution in [-0.4, -0.2) is 24.1 Å². The third kappa shape index (κ3) is 4.66. The molecule has 0 unspecified atom stereocenters. The van der Waals surface area contributed by atoms with Crippen LogP contribution in [0.15, 0.2) is 201 Å². The van der Waals surface area contributed by atoms with E-state index < -0.39 is 0 Å². The van der Waals surface area contributed by atoms with Gasteiger partial charge in [-0.1, -0.05) is 115 Å². The number of pyridine rings is 3. The highest BCUT2D eigenvalue weighted by molar-refractivity contribution is 6.24. The zero-order valence-corrected chi connectivity index (χ0v) is 32.3. The molecule has 278 valence electrons. The minimum Gasteiger partial charge on any atom is -0.309 e. The molecule has 60 heavy (non-hydrogen) atoms. The molecular weight excluding hydrogens is 731 g/mol. The number of fused-ring (bicyclic) bond motifs is 13. The smallest absolute Gasteiger partial charge is 0.0788 e. The second kappa shape index (κ2) is 12.7. The number of hydrogen-bond acceptors (Lipinski definition) is 3. The summed E-state index contributed by atoms with van der Waals surface area (Å²) in [6.45, 7) is 0.